The number of carbonyl (C=O) groups excluding carboxylic acids is 1. The number of rotatable bonds is 1. The zero-order chi connectivity index (χ0) is 13.4. The molecule has 0 aliphatic carbocycles. The maximum Gasteiger partial charge on any atom is 0.223 e. The van der Waals surface area contributed by atoms with Crippen LogP contribution in [0.5, 0.6) is 0 Å². The van der Waals surface area contributed by atoms with Gasteiger partial charge in [-0.25, -0.2) is 4.98 Å². The molecule has 0 aromatic carbocycles. The van der Waals surface area contributed by atoms with Gasteiger partial charge in [0.2, 0.25) is 5.91 Å². The number of nitrogens with zero attached hydrogens (tertiary/aromatic N) is 4. The zero-order valence-electron chi connectivity index (χ0n) is 10.5. The van der Waals surface area contributed by atoms with Crippen molar-refractivity contribution < 1.29 is 4.79 Å². The number of amides is 1. The molecule has 1 unspecified atom stereocenters. The van der Waals surface area contributed by atoms with E-state index in [4.69, 9.17) is 11.0 Å². The number of piperazine rings is 1. The van der Waals surface area contributed by atoms with Gasteiger partial charge in [-0.1, -0.05) is 0 Å². The lowest BCUT2D eigenvalue weighted by Crippen LogP contribution is -2.51. The van der Waals surface area contributed by atoms with Crippen LogP contribution < -0.4 is 10.6 Å². The summed E-state index contributed by atoms with van der Waals surface area (Å²) in [4.78, 5) is 19.9. The van der Waals surface area contributed by atoms with Crippen molar-refractivity contribution in [2.45, 2.75) is 18.9 Å². The van der Waals surface area contributed by atoms with E-state index in [9.17, 15) is 4.79 Å². The minimum Gasteiger partial charge on any atom is -0.397 e. The first-order chi connectivity index (χ1) is 9.19. The summed E-state index contributed by atoms with van der Waals surface area (Å²) in [5, 5.41) is 9.17. The number of anilines is 2. The highest BCUT2D eigenvalue weighted by Gasteiger charge is 2.36. The summed E-state index contributed by atoms with van der Waals surface area (Å²) in [6, 6.07) is 4.04. The second-order valence-electron chi connectivity index (χ2n) is 4.98. The number of hydrogen-bond acceptors (Lipinski definition) is 5. The lowest BCUT2D eigenvalue weighted by molar-refractivity contribution is -0.129. The Morgan fingerprint density at radius 1 is 1.47 bits per heavy atom. The van der Waals surface area contributed by atoms with Crippen LogP contribution in [0.1, 0.15) is 18.4 Å². The number of pyridine rings is 1. The first-order valence-corrected chi connectivity index (χ1v) is 6.39. The van der Waals surface area contributed by atoms with Gasteiger partial charge in [-0.15, -0.1) is 0 Å². The highest BCUT2D eigenvalue weighted by molar-refractivity contribution is 5.79. The lowest BCUT2D eigenvalue weighted by atomic mass is 10.1. The fraction of sp³-hybridized carbons (Fsp3) is 0.462. The average molecular weight is 257 g/mol. The van der Waals surface area contributed by atoms with Gasteiger partial charge < -0.3 is 15.5 Å². The molecule has 2 N–H and O–H groups in total. The molecule has 1 amide bonds. The number of fused-ring (bicyclic) bond motifs is 1. The summed E-state index contributed by atoms with van der Waals surface area (Å²) < 4.78 is 0. The van der Waals surface area contributed by atoms with Crippen molar-refractivity contribution in [1.82, 2.24) is 9.88 Å². The SMILES string of the molecule is N#Cc1cc(N)cnc1N1CCN2C(=O)CCC2C1. The molecule has 1 atom stereocenters. The first-order valence-electron chi connectivity index (χ1n) is 6.39. The van der Waals surface area contributed by atoms with Gasteiger partial charge in [0.15, 0.2) is 0 Å². The van der Waals surface area contributed by atoms with Crippen molar-refractivity contribution in [1.29, 1.82) is 5.26 Å². The van der Waals surface area contributed by atoms with Gasteiger partial charge in [-0.05, 0) is 12.5 Å². The third-order valence-electron chi connectivity index (χ3n) is 3.80. The van der Waals surface area contributed by atoms with Crippen molar-refractivity contribution >= 4 is 17.4 Å². The smallest absolute Gasteiger partial charge is 0.223 e. The maximum absolute atomic E-state index is 11.6. The van der Waals surface area contributed by atoms with Crippen LogP contribution in [0, 0.1) is 11.3 Å². The predicted molar refractivity (Wildman–Crippen MR) is 70.3 cm³/mol. The Balaban J connectivity index is 1.85. The van der Waals surface area contributed by atoms with Gasteiger partial charge in [-0.2, -0.15) is 5.26 Å². The Labute approximate surface area is 111 Å². The third kappa shape index (κ3) is 1.97. The number of nitriles is 1. The molecule has 19 heavy (non-hydrogen) atoms. The summed E-state index contributed by atoms with van der Waals surface area (Å²) in [5.74, 6) is 0.922. The van der Waals surface area contributed by atoms with Crippen molar-refractivity contribution in [2.24, 2.45) is 0 Å². The lowest BCUT2D eigenvalue weighted by Gasteiger charge is -2.38. The quantitative estimate of drug-likeness (QED) is 0.784. The van der Waals surface area contributed by atoms with E-state index in [1.54, 1.807) is 12.3 Å². The molecule has 0 radical (unpaired) electrons. The standard InChI is InChI=1S/C13H15N5O/c14-6-9-5-10(15)7-16-13(9)17-3-4-18-11(8-17)1-2-12(18)19/h5,7,11H,1-4,8,15H2. The maximum atomic E-state index is 11.6. The number of nitrogen functional groups attached to an aromatic ring is 1. The van der Waals surface area contributed by atoms with Crippen LogP contribution in [0.2, 0.25) is 0 Å². The van der Waals surface area contributed by atoms with Crippen LogP contribution >= 0.6 is 0 Å². The fourth-order valence-electron chi connectivity index (χ4n) is 2.86. The van der Waals surface area contributed by atoms with Crippen LogP contribution in [-0.2, 0) is 4.79 Å². The van der Waals surface area contributed by atoms with Crippen molar-refractivity contribution in [2.75, 3.05) is 30.3 Å². The van der Waals surface area contributed by atoms with Gasteiger partial charge in [0.05, 0.1) is 17.4 Å². The third-order valence-corrected chi connectivity index (χ3v) is 3.80. The summed E-state index contributed by atoms with van der Waals surface area (Å²) >= 11 is 0. The first kappa shape index (κ1) is 11.8. The molecule has 2 aliphatic rings. The largest absolute Gasteiger partial charge is 0.397 e. The van der Waals surface area contributed by atoms with E-state index in [1.807, 2.05) is 4.90 Å². The average Bonchev–Trinajstić information content (AvgIpc) is 2.79. The topological polar surface area (TPSA) is 86.2 Å². The molecule has 2 fully saturated rings. The molecule has 0 bridgehead atoms. The molecule has 3 rings (SSSR count). The van der Waals surface area contributed by atoms with Crippen molar-refractivity contribution in [3.63, 3.8) is 0 Å². The van der Waals surface area contributed by atoms with Gasteiger partial charge >= 0.3 is 0 Å². The Morgan fingerprint density at radius 3 is 3.11 bits per heavy atom. The van der Waals surface area contributed by atoms with E-state index in [0.29, 0.717) is 36.6 Å². The van der Waals surface area contributed by atoms with Crippen LogP contribution in [0.15, 0.2) is 12.3 Å². The molecule has 6 nitrogen and oxygen atoms in total. The van der Waals surface area contributed by atoms with Crippen LogP contribution in [-0.4, -0.2) is 41.5 Å². The number of hydrogen-bond donors (Lipinski definition) is 1. The Morgan fingerprint density at radius 2 is 2.32 bits per heavy atom. The molecule has 2 aliphatic heterocycles. The molecule has 1 aromatic rings. The Hall–Kier alpha value is -2.29. The predicted octanol–water partition coefficient (Wildman–Crippen LogP) is 0.346. The van der Waals surface area contributed by atoms with Crippen molar-refractivity contribution in [3.8, 4) is 6.07 Å². The van der Waals surface area contributed by atoms with Crippen LogP contribution in [0.4, 0.5) is 11.5 Å². The summed E-state index contributed by atoms with van der Waals surface area (Å²) in [7, 11) is 0. The minimum absolute atomic E-state index is 0.246. The zero-order valence-corrected chi connectivity index (χ0v) is 10.5. The Kier molecular flexibility index (Phi) is 2.75. The molecule has 98 valence electrons. The van der Waals surface area contributed by atoms with E-state index < -0.39 is 0 Å². The molecule has 3 heterocycles. The van der Waals surface area contributed by atoms with E-state index in [1.165, 1.54) is 0 Å². The van der Waals surface area contributed by atoms with Crippen LogP contribution in [0.25, 0.3) is 0 Å². The monoisotopic (exact) mass is 257 g/mol. The van der Waals surface area contributed by atoms with E-state index in [2.05, 4.69) is 16.0 Å². The van der Waals surface area contributed by atoms with E-state index >= 15 is 0 Å². The van der Waals surface area contributed by atoms with E-state index in [-0.39, 0.29) is 11.9 Å². The van der Waals surface area contributed by atoms with Crippen molar-refractivity contribution in [3.05, 3.63) is 17.8 Å². The second kappa shape index (κ2) is 4.43. The highest BCUT2D eigenvalue weighted by atomic mass is 16.2. The van der Waals surface area contributed by atoms with Gasteiger partial charge in [-0.3, -0.25) is 4.79 Å². The number of carbonyl (C=O) groups is 1. The molecule has 0 saturated carbocycles. The minimum atomic E-state index is 0.246. The van der Waals surface area contributed by atoms with Gasteiger partial charge in [0.25, 0.3) is 0 Å². The summed E-state index contributed by atoms with van der Waals surface area (Å²) in [6.45, 7) is 2.17. The van der Waals surface area contributed by atoms with Gasteiger partial charge in [0.1, 0.15) is 11.9 Å². The summed E-state index contributed by atoms with van der Waals surface area (Å²) in [5.41, 5.74) is 6.64. The molecular weight excluding hydrogens is 242 g/mol. The Bertz CT molecular complexity index is 565. The molecule has 0 spiro atoms. The van der Waals surface area contributed by atoms with Crippen LogP contribution in [0.3, 0.4) is 0 Å². The summed E-state index contributed by atoms with van der Waals surface area (Å²) in [6.07, 6.45) is 3.10. The molecule has 6 heteroatoms. The van der Waals surface area contributed by atoms with E-state index in [0.717, 1.165) is 13.0 Å². The number of aromatic nitrogens is 1. The normalized spacial score (nSPS) is 22.3. The molecule has 2 saturated heterocycles. The second-order valence-corrected chi connectivity index (χ2v) is 4.98. The fourth-order valence-corrected chi connectivity index (χ4v) is 2.86. The molecule has 1 aromatic heterocycles. The molecular formula is C13H15N5O. The van der Waals surface area contributed by atoms with Gasteiger partial charge in [0, 0.05) is 32.1 Å². The highest BCUT2D eigenvalue weighted by Crippen LogP contribution is 2.27. The number of nitrogens with two attached hydrogens (primary N) is 1.